The number of nitrogens with zero attached hydrogens (tertiary/aromatic N) is 2. The molecule has 0 aliphatic rings. The first-order valence-corrected chi connectivity index (χ1v) is 6.88. The molecule has 96 valence electrons. The van der Waals surface area contributed by atoms with Crippen LogP contribution in [0, 0.1) is 0 Å². The minimum absolute atomic E-state index is 0.642. The van der Waals surface area contributed by atoms with Crippen molar-refractivity contribution in [2.75, 3.05) is 0 Å². The predicted molar refractivity (Wildman–Crippen MR) is 80.0 cm³/mol. The Morgan fingerprint density at radius 2 is 2.00 bits per heavy atom. The van der Waals surface area contributed by atoms with Crippen molar-refractivity contribution in [2.45, 2.75) is 13.3 Å². The maximum atomic E-state index is 6.33. The SMILES string of the molecule is CCc1nn2ccccc2c1-c1ccc(Cl)cc1Cl. The van der Waals surface area contributed by atoms with Gasteiger partial charge in [-0.05, 0) is 30.7 Å². The highest BCUT2D eigenvalue weighted by atomic mass is 35.5. The highest BCUT2D eigenvalue weighted by Crippen LogP contribution is 2.35. The highest BCUT2D eigenvalue weighted by molar-refractivity contribution is 6.36. The summed E-state index contributed by atoms with van der Waals surface area (Å²) in [6, 6.07) is 11.6. The van der Waals surface area contributed by atoms with Crippen LogP contribution in [-0.4, -0.2) is 9.61 Å². The Morgan fingerprint density at radius 1 is 1.16 bits per heavy atom. The van der Waals surface area contributed by atoms with Crippen LogP contribution in [-0.2, 0) is 6.42 Å². The van der Waals surface area contributed by atoms with Gasteiger partial charge in [-0.1, -0.05) is 42.3 Å². The first-order valence-electron chi connectivity index (χ1n) is 6.12. The number of fused-ring (bicyclic) bond motifs is 1. The van der Waals surface area contributed by atoms with Gasteiger partial charge in [-0.2, -0.15) is 5.10 Å². The third kappa shape index (κ3) is 2.11. The van der Waals surface area contributed by atoms with E-state index in [2.05, 4.69) is 12.0 Å². The Kier molecular flexibility index (Phi) is 3.21. The summed E-state index contributed by atoms with van der Waals surface area (Å²) in [6.45, 7) is 2.09. The molecular formula is C15H12Cl2N2. The number of benzene rings is 1. The summed E-state index contributed by atoms with van der Waals surface area (Å²) in [6.07, 6.45) is 2.80. The van der Waals surface area contributed by atoms with Gasteiger partial charge in [0.25, 0.3) is 0 Å². The highest BCUT2D eigenvalue weighted by Gasteiger charge is 2.15. The molecule has 2 aromatic heterocycles. The second kappa shape index (κ2) is 4.87. The molecule has 3 rings (SSSR count). The quantitative estimate of drug-likeness (QED) is 0.658. The summed E-state index contributed by atoms with van der Waals surface area (Å²) in [5.41, 5.74) is 4.16. The molecule has 0 atom stereocenters. The van der Waals surface area contributed by atoms with E-state index in [0.29, 0.717) is 10.0 Å². The van der Waals surface area contributed by atoms with Gasteiger partial charge in [0.2, 0.25) is 0 Å². The van der Waals surface area contributed by atoms with E-state index in [1.54, 1.807) is 6.07 Å². The zero-order chi connectivity index (χ0) is 13.4. The molecule has 0 spiro atoms. The van der Waals surface area contributed by atoms with Crippen LogP contribution in [0.3, 0.4) is 0 Å². The second-order valence-corrected chi connectivity index (χ2v) is 5.17. The first kappa shape index (κ1) is 12.5. The van der Waals surface area contributed by atoms with Crippen LogP contribution >= 0.6 is 23.2 Å². The molecule has 3 aromatic rings. The van der Waals surface area contributed by atoms with Crippen molar-refractivity contribution < 1.29 is 0 Å². The number of pyridine rings is 1. The van der Waals surface area contributed by atoms with Gasteiger partial charge < -0.3 is 0 Å². The summed E-state index contributed by atoms with van der Waals surface area (Å²) in [5, 5.41) is 5.89. The van der Waals surface area contributed by atoms with Crippen molar-refractivity contribution >= 4 is 28.7 Å². The van der Waals surface area contributed by atoms with E-state index in [1.807, 2.05) is 41.0 Å². The molecular weight excluding hydrogens is 279 g/mol. The van der Waals surface area contributed by atoms with Crippen molar-refractivity contribution in [1.29, 1.82) is 0 Å². The Labute approximate surface area is 121 Å². The summed E-state index contributed by atoms with van der Waals surface area (Å²) >= 11 is 12.3. The Hall–Kier alpha value is -1.51. The summed E-state index contributed by atoms with van der Waals surface area (Å²) in [5.74, 6) is 0. The maximum Gasteiger partial charge on any atom is 0.0743 e. The lowest BCUT2D eigenvalue weighted by Crippen LogP contribution is -1.86. The van der Waals surface area contributed by atoms with E-state index in [-0.39, 0.29) is 0 Å². The average molecular weight is 291 g/mol. The number of rotatable bonds is 2. The monoisotopic (exact) mass is 290 g/mol. The van der Waals surface area contributed by atoms with Crippen molar-refractivity contribution in [2.24, 2.45) is 0 Å². The normalized spacial score (nSPS) is 11.1. The molecule has 0 saturated carbocycles. The number of hydrogen-bond acceptors (Lipinski definition) is 1. The Bertz CT molecular complexity index is 747. The Morgan fingerprint density at radius 3 is 2.74 bits per heavy atom. The molecule has 2 nitrogen and oxygen atoms in total. The lowest BCUT2D eigenvalue weighted by molar-refractivity contribution is 0.898. The molecule has 0 amide bonds. The van der Waals surface area contributed by atoms with Crippen LogP contribution in [0.25, 0.3) is 16.6 Å². The van der Waals surface area contributed by atoms with E-state index in [1.165, 1.54) is 0 Å². The molecule has 0 unspecified atom stereocenters. The fourth-order valence-electron chi connectivity index (χ4n) is 2.28. The number of aromatic nitrogens is 2. The van der Waals surface area contributed by atoms with Crippen molar-refractivity contribution in [1.82, 2.24) is 9.61 Å². The molecule has 0 fully saturated rings. The summed E-state index contributed by atoms with van der Waals surface area (Å²) < 4.78 is 1.89. The number of aryl methyl sites for hydroxylation is 1. The molecule has 0 radical (unpaired) electrons. The molecule has 0 bridgehead atoms. The van der Waals surface area contributed by atoms with Gasteiger partial charge in [0.05, 0.1) is 16.2 Å². The molecule has 0 saturated heterocycles. The third-order valence-electron chi connectivity index (χ3n) is 3.15. The lowest BCUT2D eigenvalue weighted by Gasteiger charge is -2.05. The Balaban J connectivity index is 2.34. The van der Waals surface area contributed by atoms with E-state index >= 15 is 0 Å². The van der Waals surface area contributed by atoms with Crippen LogP contribution in [0.2, 0.25) is 10.0 Å². The van der Waals surface area contributed by atoms with Crippen LogP contribution in [0.1, 0.15) is 12.6 Å². The van der Waals surface area contributed by atoms with Crippen LogP contribution < -0.4 is 0 Å². The van der Waals surface area contributed by atoms with Crippen molar-refractivity contribution in [3.05, 3.63) is 58.3 Å². The molecule has 1 aromatic carbocycles. The lowest BCUT2D eigenvalue weighted by atomic mass is 10.0. The molecule has 0 aliphatic carbocycles. The van der Waals surface area contributed by atoms with Crippen LogP contribution in [0.5, 0.6) is 0 Å². The standard InChI is InChI=1S/C15H12Cl2N2/c1-2-13-15(11-7-6-10(16)9-12(11)17)14-5-3-4-8-19(14)18-13/h3-9H,2H2,1H3. The molecule has 2 heterocycles. The number of hydrogen-bond donors (Lipinski definition) is 0. The van der Waals surface area contributed by atoms with Gasteiger partial charge >= 0.3 is 0 Å². The summed E-state index contributed by atoms with van der Waals surface area (Å²) in [4.78, 5) is 0. The zero-order valence-electron chi connectivity index (χ0n) is 10.4. The molecule has 0 aliphatic heterocycles. The predicted octanol–water partition coefficient (Wildman–Crippen LogP) is 4.87. The smallest absolute Gasteiger partial charge is 0.0743 e. The topological polar surface area (TPSA) is 17.3 Å². The van der Waals surface area contributed by atoms with Gasteiger partial charge in [-0.15, -0.1) is 0 Å². The van der Waals surface area contributed by atoms with Crippen molar-refractivity contribution in [3.63, 3.8) is 0 Å². The molecule has 0 N–H and O–H groups in total. The van der Waals surface area contributed by atoms with E-state index in [0.717, 1.165) is 28.8 Å². The fraction of sp³-hybridized carbons (Fsp3) is 0.133. The van der Waals surface area contributed by atoms with E-state index in [9.17, 15) is 0 Å². The van der Waals surface area contributed by atoms with Gasteiger partial charge in [-0.25, -0.2) is 4.52 Å². The van der Waals surface area contributed by atoms with E-state index < -0.39 is 0 Å². The largest absolute Gasteiger partial charge is 0.240 e. The summed E-state index contributed by atoms with van der Waals surface area (Å²) in [7, 11) is 0. The average Bonchev–Trinajstić information content (AvgIpc) is 2.77. The number of halogens is 2. The fourth-order valence-corrected chi connectivity index (χ4v) is 2.78. The van der Waals surface area contributed by atoms with Crippen LogP contribution in [0.4, 0.5) is 0 Å². The van der Waals surface area contributed by atoms with E-state index in [4.69, 9.17) is 23.2 Å². The zero-order valence-corrected chi connectivity index (χ0v) is 11.9. The van der Waals surface area contributed by atoms with Gasteiger partial charge in [0.15, 0.2) is 0 Å². The van der Waals surface area contributed by atoms with Gasteiger partial charge in [0.1, 0.15) is 0 Å². The van der Waals surface area contributed by atoms with Crippen LogP contribution in [0.15, 0.2) is 42.6 Å². The molecule has 19 heavy (non-hydrogen) atoms. The third-order valence-corrected chi connectivity index (χ3v) is 3.70. The van der Waals surface area contributed by atoms with Gasteiger partial charge in [-0.3, -0.25) is 0 Å². The first-order chi connectivity index (χ1) is 9.20. The maximum absolute atomic E-state index is 6.33. The minimum atomic E-state index is 0.642. The van der Waals surface area contributed by atoms with Crippen molar-refractivity contribution in [3.8, 4) is 11.1 Å². The molecule has 4 heteroatoms. The van der Waals surface area contributed by atoms with Gasteiger partial charge in [0, 0.05) is 22.3 Å². The minimum Gasteiger partial charge on any atom is -0.240 e. The second-order valence-electron chi connectivity index (χ2n) is 4.33.